The van der Waals surface area contributed by atoms with E-state index in [2.05, 4.69) is 25.5 Å². The van der Waals surface area contributed by atoms with Crippen molar-refractivity contribution in [2.24, 2.45) is 5.92 Å². The van der Waals surface area contributed by atoms with E-state index in [9.17, 15) is 32.2 Å². The van der Waals surface area contributed by atoms with E-state index < -0.39 is 35.1 Å². The van der Waals surface area contributed by atoms with Gasteiger partial charge >= 0.3 is 11.9 Å². The van der Waals surface area contributed by atoms with Gasteiger partial charge in [0.25, 0.3) is 0 Å². The topological polar surface area (TPSA) is 156 Å². The molecule has 214 valence electrons. The highest BCUT2D eigenvalue weighted by Gasteiger charge is 2.39. The normalized spacial score (nSPS) is 16.9. The molecule has 40 heavy (non-hydrogen) atoms. The average Bonchev–Trinajstić information content (AvgIpc) is 3.47. The summed E-state index contributed by atoms with van der Waals surface area (Å²) in [5, 5.41) is 21.8. The summed E-state index contributed by atoms with van der Waals surface area (Å²) >= 11 is 5.92. The van der Waals surface area contributed by atoms with Gasteiger partial charge in [-0.05, 0) is 36.4 Å². The number of alkyl halides is 3. The number of aliphatic hydroxyl groups excluding tert-OH is 1. The van der Waals surface area contributed by atoms with E-state index in [0.29, 0.717) is 40.1 Å². The van der Waals surface area contributed by atoms with Crippen LogP contribution in [0.3, 0.4) is 0 Å². The summed E-state index contributed by atoms with van der Waals surface area (Å²) in [6, 6.07) is 9.44. The van der Waals surface area contributed by atoms with Crippen molar-refractivity contribution in [1.82, 2.24) is 34.1 Å². The highest BCUT2D eigenvalue weighted by Crippen LogP contribution is 2.51. The quantitative estimate of drug-likeness (QED) is 0.227. The number of hydrogen-bond acceptors (Lipinski definition) is 9. The minimum absolute atomic E-state index is 0.0873. The maximum Gasteiger partial charge on any atom is 0.416 e. The molecule has 17 heteroatoms. The summed E-state index contributed by atoms with van der Waals surface area (Å²) < 4.78 is 61.6. The Hall–Kier alpha value is -3.44. The van der Waals surface area contributed by atoms with Gasteiger partial charge in [-0.3, -0.25) is 13.7 Å². The van der Waals surface area contributed by atoms with E-state index in [0.717, 1.165) is 9.25 Å². The number of benzene rings is 1. The van der Waals surface area contributed by atoms with Crippen LogP contribution in [0, 0.1) is 5.92 Å². The third-order valence-corrected chi connectivity index (χ3v) is 8.45. The number of rotatable bonds is 9. The Labute approximate surface area is 231 Å². The highest BCUT2D eigenvalue weighted by atomic mass is 35.5. The number of hydrogen-bond donors (Lipinski definition) is 4. The number of halogens is 4. The molecule has 5 rings (SSSR count). The molecule has 1 saturated heterocycles. The lowest BCUT2D eigenvalue weighted by Gasteiger charge is -2.47. The lowest BCUT2D eigenvalue weighted by atomic mass is 10.2. The Bertz CT molecular complexity index is 1550. The van der Waals surface area contributed by atoms with Gasteiger partial charge in [0, 0.05) is 40.8 Å². The Kier molecular flexibility index (Phi) is 7.62. The lowest BCUT2D eigenvalue weighted by molar-refractivity contribution is -0.207. The van der Waals surface area contributed by atoms with Gasteiger partial charge in [-0.15, -0.1) is 10.2 Å². The van der Waals surface area contributed by atoms with Gasteiger partial charge in [0.2, 0.25) is 0 Å². The van der Waals surface area contributed by atoms with Gasteiger partial charge in [-0.2, -0.15) is 23.8 Å². The fourth-order valence-electron chi connectivity index (χ4n) is 4.20. The van der Waals surface area contributed by atoms with E-state index >= 15 is 0 Å². The SMILES string of the molecule is O=c1n(Cc2ncn(-c3cccnc3NCC3CS(O)(O)C3)n2)nc(-c2ccc(Cl)cc2)n1C[C@H](O)C(F)(F)F. The molecule has 4 heterocycles. The largest absolute Gasteiger partial charge is 0.416 e. The first-order valence-electron chi connectivity index (χ1n) is 11.9. The summed E-state index contributed by atoms with van der Waals surface area (Å²) in [7, 11) is -2.46. The van der Waals surface area contributed by atoms with Crippen LogP contribution < -0.4 is 11.0 Å². The Morgan fingerprint density at radius 1 is 1.12 bits per heavy atom. The van der Waals surface area contributed by atoms with Crippen molar-refractivity contribution in [3.63, 3.8) is 0 Å². The molecule has 0 unspecified atom stereocenters. The first-order valence-corrected chi connectivity index (χ1v) is 14.2. The van der Waals surface area contributed by atoms with E-state index in [-0.39, 0.29) is 24.1 Å². The molecule has 0 aliphatic carbocycles. The van der Waals surface area contributed by atoms with Crippen LogP contribution in [-0.4, -0.2) is 78.6 Å². The Morgan fingerprint density at radius 2 is 1.85 bits per heavy atom. The number of anilines is 1. The monoisotopic (exact) mass is 600 g/mol. The summed E-state index contributed by atoms with van der Waals surface area (Å²) in [4.78, 5) is 21.6. The number of nitrogens with one attached hydrogen (secondary N) is 1. The van der Waals surface area contributed by atoms with Crippen LogP contribution in [-0.2, 0) is 13.1 Å². The summed E-state index contributed by atoms with van der Waals surface area (Å²) in [6.07, 6.45) is -4.74. The predicted octanol–water partition coefficient (Wildman–Crippen LogP) is 3.10. The third-order valence-electron chi connectivity index (χ3n) is 6.19. The van der Waals surface area contributed by atoms with Crippen molar-refractivity contribution in [3.05, 3.63) is 70.3 Å². The molecule has 0 bridgehead atoms. The second-order valence-electron chi connectivity index (χ2n) is 9.30. The zero-order chi connectivity index (χ0) is 28.7. The zero-order valence-electron chi connectivity index (χ0n) is 20.6. The van der Waals surface area contributed by atoms with Gasteiger partial charge < -0.3 is 10.4 Å². The minimum atomic E-state index is -4.94. The zero-order valence-corrected chi connectivity index (χ0v) is 22.2. The van der Waals surface area contributed by atoms with Crippen LogP contribution in [0.4, 0.5) is 19.0 Å². The molecule has 0 amide bonds. The van der Waals surface area contributed by atoms with Crippen molar-refractivity contribution < 1.29 is 27.4 Å². The Balaban J connectivity index is 1.39. The van der Waals surface area contributed by atoms with E-state index in [4.69, 9.17) is 11.6 Å². The molecule has 3 aromatic heterocycles. The molecule has 1 atom stereocenters. The first-order chi connectivity index (χ1) is 18.9. The van der Waals surface area contributed by atoms with Crippen molar-refractivity contribution >= 4 is 28.0 Å². The average molecular weight is 601 g/mol. The lowest BCUT2D eigenvalue weighted by Crippen LogP contribution is -2.37. The molecule has 0 radical (unpaired) electrons. The van der Waals surface area contributed by atoms with E-state index in [1.165, 1.54) is 35.3 Å². The number of nitrogens with zero attached hydrogens (tertiary/aromatic N) is 7. The minimum Gasteiger partial charge on any atom is -0.382 e. The number of pyridine rings is 1. The predicted molar refractivity (Wildman–Crippen MR) is 142 cm³/mol. The fraction of sp³-hybridized carbons (Fsp3) is 0.348. The van der Waals surface area contributed by atoms with Crippen LogP contribution >= 0.6 is 22.2 Å². The summed E-state index contributed by atoms with van der Waals surface area (Å²) in [5.41, 5.74) is -0.0214. The number of aromatic nitrogens is 7. The molecule has 4 N–H and O–H groups in total. The molecular formula is C23H24ClF3N8O4S. The second-order valence-corrected chi connectivity index (χ2v) is 12.0. The van der Waals surface area contributed by atoms with Crippen molar-refractivity contribution in [3.8, 4) is 17.1 Å². The van der Waals surface area contributed by atoms with Gasteiger partial charge in [-0.25, -0.2) is 24.1 Å². The maximum atomic E-state index is 13.1. The summed E-state index contributed by atoms with van der Waals surface area (Å²) in [5.74, 6) is 1.29. The van der Waals surface area contributed by atoms with Gasteiger partial charge in [-0.1, -0.05) is 11.6 Å². The Morgan fingerprint density at radius 3 is 2.52 bits per heavy atom. The standard InChI is InChI=1S/C23H24ClF3N8O4S/c24-16-5-3-15(4-6-16)21-32-34(22(37)33(21)9-18(36)23(25,26)27)10-19-30-13-35(31-19)17-2-1-7-28-20(17)29-8-14-11-40(38,39)12-14/h1-7,13-14,18,36,38-39H,8-12H2,(H,28,29)/t18-/m0/s1. The molecule has 0 spiro atoms. The molecule has 4 aromatic rings. The van der Waals surface area contributed by atoms with Crippen LogP contribution in [0.15, 0.2) is 53.7 Å². The smallest absolute Gasteiger partial charge is 0.382 e. The molecule has 1 aromatic carbocycles. The van der Waals surface area contributed by atoms with Gasteiger partial charge in [0.1, 0.15) is 18.6 Å². The van der Waals surface area contributed by atoms with Crippen LogP contribution in [0.1, 0.15) is 5.82 Å². The highest BCUT2D eigenvalue weighted by molar-refractivity contribution is 8.25. The summed E-state index contributed by atoms with van der Waals surface area (Å²) in [6.45, 7) is -0.834. The van der Waals surface area contributed by atoms with E-state index in [1.807, 2.05) is 0 Å². The first kappa shape index (κ1) is 28.1. The van der Waals surface area contributed by atoms with Crippen LogP contribution in [0.5, 0.6) is 0 Å². The van der Waals surface area contributed by atoms with Crippen LogP contribution in [0.25, 0.3) is 17.1 Å². The van der Waals surface area contributed by atoms with E-state index in [1.54, 1.807) is 18.3 Å². The number of aliphatic hydroxyl groups is 1. The van der Waals surface area contributed by atoms with Gasteiger partial charge in [0.15, 0.2) is 23.6 Å². The second kappa shape index (κ2) is 10.9. The molecular weight excluding hydrogens is 577 g/mol. The van der Waals surface area contributed by atoms with Crippen molar-refractivity contribution in [2.75, 3.05) is 23.4 Å². The molecule has 12 nitrogen and oxygen atoms in total. The maximum absolute atomic E-state index is 13.1. The molecule has 1 aliphatic rings. The molecule has 1 aliphatic heterocycles. The van der Waals surface area contributed by atoms with Gasteiger partial charge in [0.05, 0.1) is 6.54 Å². The molecule has 1 fully saturated rings. The van der Waals surface area contributed by atoms with Crippen LogP contribution in [0.2, 0.25) is 5.02 Å². The third kappa shape index (κ3) is 6.15. The fourth-order valence-corrected chi connectivity index (χ4v) is 5.97. The van der Waals surface area contributed by atoms with Crippen molar-refractivity contribution in [2.45, 2.75) is 25.4 Å². The van der Waals surface area contributed by atoms with Crippen molar-refractivity contribution in [1.29, 1.82) is 0 Å². The molecule has 0 saturated carbocycles.